The van der Waals surface area contributed by atoms with Gasteiger partial charge in [-0.1, -0.05) is 36.8 Å². The van der Waals surface area contributed by atoms with Gasteiger partial charge in [0.1, 0.15) is 6.04 Å². The summed E-state index contributed by atoms with van der Waals surface area (Å²) in [6, 6.07) is 8.06. The van der Waals surface area contributed by atoms with Gasteiger partial charge in [0.2, 0.25) is 0 Å². The molecule has 0 saturated heterocycles. The van der Waals surface area contributed by atoms with Gasteiger partial charge in [0.25, 0.3) is 0 Å². The van der Waals surface area contributed by atoms with Crippen molar-refractivity contribution >= 4 is 5.97 Å². The standard InChI is InChI=1S/C15H23NO2/c1-11-4-7-13(8-5-11)9-6-12(2)10-14(16)15(17)18-3/h4-5,7-8,12,14H,6,9-10,16H2,1-3H3. The van der Waals surface area contributed by atoms with Crippen molar-refractivity contribution in [2.24, 2.45) is 11.7 Å². The summed E-state index contributed by atoms with van der Waals surface area (Å²) < 4.78 is 4.62. The van der Waals surface area contributed by atoms with Gasteiger partial charge in [0.05, 0.1) is 7.11 Å². The number of carbonyl (C=O) groups excluding carboxylic acids is 1. The van der Waals surface area contributed by atoms with Gasteiger partial charge in [-0.05, 0) is 37.7 Å². The van der Waals surface area contributed by atoms with Crippen molar-refractivity contribution in [3.63, 3.8) is 0 Å². The molecule has 3 heteroatoms. The summed E-state index contributed by atoms with van der Waals surface area (Å²) in [5.41, 5.74) is 8.35. The van der Waals surface area contributed by atoms with Crippen LogP contribution >= 0.6 is 0 Å². The lowest BCUT2D eigenvalue weighted by Crippen LogP contribution is -2.33. The zero-order valence-electron chi connectivity index (χ0n) is 11.5. The lowest BCUT2D eigenvalue weighted by molar-refractivity contribution is -0.142. The second-order valence-corrected chi connectivity index (χ2v) is 4.99. The van der Waals surface area contributed by atoms with Crippen LogP contribution in [0, 0.1) is 12.8 Å². The van der Waals surface area contributed by atoms with Crippen molar-refractivity contribution in [1.82, 2.24) is 0 Å². The Morgan fingerprint density at radius 2 is 1.94 bits per heavy atom. The minimum absolute atomic E-state index is 0.322. The predicted octanol–water partition coefficient (Wildman–Crippen LogP) is 2.45. The minimum atomic E-state index is -0.497. The normalized spacial score (nSPS) is 14.0. The molecule has 1 rings (SSSR count). The average molecular weight is 249 g/mol. The van der Waals surface area contributed by atoms with Crippen LogP contribution in [0.2, 0.25) is 0 Å². The van der Waals surface area contributed by atoms with Crippen LogP contribution in [0.4, 0.5) is 0 Å². The molecule has 2 unspecified atom stereocenters. The second-order valence-electron chi connectivity index (χ2n) is 4.99. The van der Waals surface area contributed by atoms with Crippen LogP contribution in [-0.2, 0) is 16.0 Å². The van der Waals surface area contributed by atoms with Gasteiger partial charge >= 0.3 is 5.97 Å². The van der Waals surface area contributed by atoms with Gasteiger partial charge in [0.15, 0.2) is 0 Å². The van der Waals surface area contributed by atoms with Gasteiger partial charge in [-0.25, -0.2) is 0 Å². The Hall–Kier alpha value is -1.35. The summed E-state index contributed by atoms with van der Waals surface area (Å²) in [5.74, 6) is 0.0950. The number of hydrogen-bond donors (Lipinski definition) is 1. The van der Waals surface area contributed by atoms with Crippen molar-refractivity contribution in [3.8, 4) is 0 Å². The highest BCUT2D eigenvalue weighted by molar-refractivity contribution is 5.75. The fourth-order valence-corrected chi connectivity index (χ4v) is 1.97. The molecule has 0 aliphatic rings. The van der Waals surface area contributed by atoms with E-state index in [0.29, 0.717) is 12.3 Å². The summed E-state index contributed by atoms with van der Waals surface area (Å²) in [6.45, 7) is 4.21. The number of carbonyl (C=O) groups is 1. The van der Waals surface area contributed by atoms with Crippen LogP contribution in [0.15, 0.2) is 24.3 Å². The van der Waals surface area contributed by atoms with Gasteiger partial charge < -0.3 is 10.5 Å². The van der Waals surface area contributed by atoms with Crippen LogP contribution in [0.5, 0.6) is 0 Å². The zero-order valence-corrected chi connectivity index (χ0v) is 11.5. The van der Waals surface area contributed by atoms with Crippen LogP contribution < -0.4 is 5.73 Å². The first kappa shape index (κ1) is 14.7. The quantitative estimate of drug-likeness (QED) is 0.788. The molecular formula is C15H23NO2. The molecule has 0 heterocycles. The third-order valence-electron chi connectivity index (χ3n) is 3.21. The molecule has 100 valence electrons. The topological polar surface area (TPSA) is 52.3 Å². The highest BCUT2D eigenvalue weighted by atomic mass is 16.5. The highest BCUT2D eigenvalue weighted by Crippen LogP contribution is 2.15. The number of aryl methyl sites for hydroxylation is 2. The van der Waals surface area contributed by atoms with Crippen molar-refractivity contribution in [3.05, 3.63) is 35.4 Å². The molecule has 0 fully saturated rings. The Labute approximate surface area is 109 Å². The van der Waals surface area contributed by atoms with E-state index in [-0.39, 0.29) is 5.97 Å². The van der Waals surface area contributed by atoms with Gasteiger partial charge in [-0.15, -0.1) is 0 Å². The molecule has 0 aromatic heterocycles. The zero-order chi connectivity index (χ0) is 13.5. The molecule has 0 radical (unpaired) electrons. The molecule has 0 spiro atoms. The van der Waals surface area contributed by atoms with E-state index in [1.54, 1.807) is 0 Å². The summed E-state index contributed by atoms with van der Waals surface area (Å²) in [4.78, 5) is 11.2. The van der Waals surface area contributed by atoms with Crippen molar-refractivity contribution in [2.45, 2.75) is 39.2 Å². The van der Waals surface area contributed by atoms with E-state index in [9.17, 15) is 4.79 Å². The number of benzene rings is 1. The maximum absolute atomic E-state index is 11.2. The maximum atomic E-state index is 11.2. The Balaban J connectivity index is 2.34. The monoisotopic (exact) mass is 249 g/mol. The molecule has 0 saturated carbocycles. The van der Waals surface area contributed by atoms with E-state index in [0.717, 1.165) is 12.8 Å². The van der Waals surface area contributed by atoms with E-state index >= 15 is 0 Å². The molecule has 0 amide bonds. The fourth-order valence-electron chi connectivity index (χ4n) is 1.97. The number of rotatable bonds is 6. The molecule has 2 N–H and O–H groups in total. The number of hydrogen-bond acceptors (Lipinski definition) is 3. The third-order valence-corrected chi connectivity index (χ3v) is 3.21. The fraction of sp³-hybridized carbons (Fsp3) is 0.533. The Bertz CT molecular complexity index is 373. The van der Waals surface area contributed by atoms with Crippen molar-refractivity contribution < 1.29 is 9.53 Å². The largest absolute Gasteiger partial charge is 0.468 e. The molecule has 1 aromatic carbocycles. The molecule has 0 aliphatic carbocycles. The third kappa shape index (κ3) is 4.88. The second kappa shape index (κ2) is 7.17. The van der Waals surface area contributed by atoms with Crippen molar-refractivity contribution in [1.29, 1.82) is 0 Å². The first-order valence-electron chi connectivity index (χ1n) is 6.42. The van der Waals surface area contributed by atoms with Crippen LogP contribution in [0.1, 0.15) is 30.9 Å². The number of esters is 1. The van der Waals surface area contributed by atoms with E-state index in [2.05, 4.69) is 42.8 Å². The van der Waals surface area contributed by atoms with Crippen LogP contribution in [0.3, 0.4) is 0 Å². The first-order chi connectivity index (χ1) is 8.52. The van der Waals surface area contributed by atoms with Gasteiger partial charge in [-0.2, -0.15) is 0 Å². The number of ether oxygens (including phenoxy) is 1. The maximum Gasteiger partial charge on any atom is 0.322 e. The minimum Gasteiger partial charge on any atom is -0.468 e. The first-order valence-corrected chi connectivity index (χ1v) is 6.42. The summed E-state index contributed by atoms with van der Waals surface area (Å²) in [7, 11) is 1.37. The van der Waals surface area contributed by atoms with Crippen LogP contribution in [0.25, 0.3) is 0 Å². The lowest BCUT2D eigenvalue weighted by atomic mass is 9.95. The molecular weight excluding hydrogens is 226 g/mol. The Kier molecular flexibility index (Phi) is 5.86. The molecule has 3 nitrogen and oxygen atoms in total. The highest BCUT2D eigenvalue weighted by Gasteiger charge is 2.16. The summed E-state index contributed by atoms with van der Waals surface area (Å²) in [6.07, 6.45) is 2.74. The summed E-state index contributed by atoms with van der Waals surface area (Å²) >= 11 is 0. The molecule has 0 bridgehead atoms. The molecule has 18 heavy (non-hydrogen) atoms. The predicted molar refractivity (Wildman–Crippen MR) is 73.3 cm³/mol. The SMILES string of the molecule is COC(=O)C(N)CC(C)CCc1ccc(C)cc1. The number of methoxy groups -OCH3 is 1. The van der Waals surface area contributed by atoms with E-state index < -0.39 is 6.04 Å². The number of nitrogens with two attached hydrogens (primary N) is 1. The Morgan fingerprint density at radius 3 is 2.50 bits per heavy atom. The van der Waals surface area contributed by atoms with E-state index in [4.69, 9.17) is 5.73 Å². The van der Waals surface area contributed by atoms with Crippen LogP contribution in [-0.4, -0.2) is 19.1 Å². The smallest absolute Gasteiger partial charge is 0.322 e. The lowest BCUT2D eigenvalue weighted by Gasteiger charge is -2.15. The van der Waals surface area contributed by atoms with Crippen molar-refractivity contribution in [2.75, 3.05) is 7.11 Å². The summed E-state index contributed by atoms with van der Waals surface area (Å²) in [5, 5.41) is 0. The Morgan fingerprint density at radius 1 is 1.33 bits per heavy atom. The molecule has 1 aromatic rings. The molecule has 2 atom stereocenters. The molecule has 0 aliphatic heterocycles. The average Bonchev–Trinajstić information content (AvgIpc) is 2.37. The van der Waals surface area contributed by atoms with E-state index in [1.807, 2.05) is 0 Å². The van der Waals surface area contributed by atoms with Gasteiger partial charge in [0, 0.05) is 0 Å². The van der Waals surface area contributed by atoms with E-state index in [1.165, 1.54) is 18.2 Å². The van der Waals surface area contributed by atoms with Gasteiger partial charge in [-0.3, -0.25) is 4.79 Å².